The molecule has 2 aromatic carbocycles. The summed E-state index contributed by atoms with van der Waals surface area (Å²) in [5.41, 5.74) is 2.16. The van der Waals surface area contributed by atoms with Crippen LogP contribution in [-0.2, 0) is 16.0 Å². The van der Waals surface area contributed by atoms with Crippen LogP contribution in [0.2, 0.25) is 0 Å². The van der Waals surface area contributed by atoms with E-state index < -0.39 is 0 Å². The van der Waals surface area contributed by atoms with Gasteiger partial charge in [0.2, 0.25) is 0 Å². The van der Waals surface area contributed by atoms with Crippen LogP contribution in [0.25, 0.3) is 5.69 Å². The Morgan fingerprint density at radius 1 is 1.04 bits per heavy atom. The van der Waals surface area contributed by atoms with E-state index in [2.05, 4.69) is 22.3 Å². The Kier molecular flexibility index (Phi) is 4.52. The van der Waals surface area contributed by atoms with Crippen molar-refractivity contribution in [3.05, 3.63) is 72.1 Å². The monoisotopic (exact) mass is 351 g/mol. The van der Waals surface area contributed by atoms with Gasteiger partial charge in [0.25, 0.3) is 0 Å². The van der Waals surface area contributed by atoms with Gasteiger partial charge in [-0.15, -0.1) is 10.2 Å². The van der Waals surface area contributed by atoms with Gasteiger partial charge >= 0.3 is 5.97 Å². The Morgan fingerprint density at radius 2 is 1.76 bits per heavy atom. The van der Waals surface area contributed by atoms with E-state index in [4.69, 9.17) is 4.74 Å². The van der Waals surface area contributed by atoms with Crippen molar-refractivity contribution in [3.8, 4) is 5.69 Å². The highest BCUT2D eigenvalue weighted by molar-refractivity contribution is 8.00. The molecule has 0 saturated carbocycles. The molecule has 0 bridgehead atoms. The molecule has 4 rings (SSSR count). The Labute approximate surface area is 150 Å². The summed E-state index contributed by atoms with van der Waals surface area (Å²) < 4.78 is 7.10. The van der Waals surface area contributed by atoms with Crippen LogP contribution in [0.4, 0.5) is 0 Å². The maximum absolute atomic E-state index is 11.8. The maximum Gasteiger partial charge on any atom is 0.319 e. The van der Waals surface area contributed by atoms with Gasteiger partial charge in [0, 0.05) is 18.5 Å². The van der Waals surface area contributed by atoms with Gasteiger partial charge in [0.05, 0.1) is 6.61 Å². The first-order valence-corrected chi connectivity index (χ1v) is 9.06. The average Bonchev–Trinajstić information content (AvgIpc) is 3.23. The molecule has 0 unspecified atom stereocenters. The summed E-state index contributed by atoms with van der Waals surface area (Å²) in [6.45, 7) is 0.479. The minimum atomic E-state index is -0.212. The number of rotatable bonds is 5. The zero-order chi connectivity index (χ0) is 17.1. The van der Waals surface area contributed by atoms with Crippen LogP contribution in [0, 0.1) is 0 Å². The van der Waals surface area contributed by atoms with E-state index in [1.807, 2.05) is 53.1 Å². The van der Waals surface area contributed by atoms with Crippen LogP contribution in [0.3, 0.4) is 0 Å². The molecule has 1 saturated heterocycles. The largest absolute Gasteiger partial charge is 0.465 e. The molecule has 3 aromatic rings. The minimum absolute atomic E-state index is 0.169. The van der Waals surface area contributed by atoms with Crippen molar-refractivity contribution in [1.82, 2.24) is 14.8 Å². The van der Waals surface area contributed by atoms with Gasteiger partial charge in [0.1, 0.15) is 11.1 Å². The summed E-state index contributed by atoms with van der Waals surface area (Å²) in [4.78, 5) is 11.8. The third-order valence-electron chi connectivity index (χ3n) is 4.05. The molecule has 1 aliphatic heterocycles. The van der Waals surface area contributed by atoms with Crippen molar-refractivity contribution in [2.24, 2.45) is 0 Å². The maximum atomic E-state index is 11.8. The lowest BCUT2D eigenvalue weighted by atomic mass is 10.1. The third kappa shape index (κ3) is 3.44. The van der Waals surface area contributed by atoms with E-state index in [0.29, 0.717) is 19.4 Å². The van der Waals surface area contributed by atoms with Crippen LogP contribution < -0.4 is 0 Å². The molecule has 0 radical (unpaired) electrons. The van der Waals surface area contributed by atoms with Gasteiger partial charge in [-0.3, -0.25) is 9.36 Å². The number of para-hydroxylation sites is 1. The molecular weight excluding hydrogens is 334 g/mol. The molecule has 5 nitrogen and oxygen atoms in total. The number of cyclic esters (lactones) is 1. The molecule has 25 heavy (non-hydrogen) atoms. The Hall–Kier alpha value is -2.60. The molecule has 1 aliphatic rings. The number of thioether (sulfide) groups is 1. The predicted octanol–water partition coefficient (Wildman–Crippen LogP) is 3.27. The minimum Gasteiger partial charge on any atom is -0.465 e. The summed E-state index contributed by atoms with van der Waals surface area (Å²) in [6.07, 6.45) is 1.39. The second-order valence-corrected chi connectivity index (χ2v) is 6.96. The molecule has 1 atom stereocenters. The first kappa shape index (κ1) is 15.9. The van der Waals surface area contributed by atoms with Crippen LogP contribution in [0.1, 0.15) is 17.8 Å². The Bertz CT molecular complexity index is 865. The number of aromatic nitrogens is 3. The molecule has 1 fully saturated rings. The Balaban J connectivity index is 1.70. The van der Waals surface area contributed by atoms with E-state index >= 15 is 0 Å². The van der Waals surface area contributed by atoms with Crippen molar-refractivity contribution in [3.63, 3.8) is 0 Å². The summed E-state index contributed by atoms with van der Waals surface area (Å²) in [5, 5.41) is 9.26. The molecule has 2 heterocycles. The second-order valence-electron chi connectivity index (χ2n) is 5.79. The van der Waals surface area contributed by atoms with Gasteiger partial charge in [-0.1, -0.05) is 60.3 Å². The second kappa shape index (κ2) is 7.11. The molecular formula is C19H17N3O2S. The number of benzene rings is 2. The zero-order valence-corrected chi connectivity index (χ0v) is 14.4. The fraction of sp³-hybridized carbons (Fsp3) is 0.211. The van der Waals surface area contributed by atoms with Crippen molar-refractivity contribution < 1.29 is 9.53 Å². The van der Waals surface area contributed by atoms with Crippen molar-refractivity contribution in [1.29, 1.82) is 0 Å². The normalized spacial score (nSPS) is 16.8. The lowest BCUT2D eigenvalue weighted by Gasteiger charge is -2.11. The summed E-state index contributed by atoms with van der Waals surface area (Å²) >= 11 is 1.43. The highest BCUT2D eigenvalue weighted by Gasteiger charge is 2.30. The number of hydrogen-bond donors (Lipinski definition) is 0. The van der Waals surface area contributed by atoms with Crippen molar-refractivity contribution >= 4 is 17.7 Å². The van der Waals surface area contributed by atoms with E-state index in [1.165, 1.54) is 17.3 Å². The number of ether oxygens (including phenoxy) is 1. The molecule has 1 aromatic heterocycles. The van der Waals surface area contributed by atoms with Crippen molar-refractivity contribution in [2.45, 2.75) is 23.2 Å². The van der Waals surface area contributed by atoms with E-state index in [9.17, 15) is 4.79 Å². The van der Waals surface area contributed by atoms with E-state index in [-0.39, 0.29) is 11.2 Å². The fourth-order valence-electron chi connectivity index (χ4n) is 2.82. The molecule has 6 heteroatoms. The van der Waals surface area contributed by atoms with Crippen LogP contribution in [0.15, 0.2) is 65.8 Å². The van der Waals surface area contributed by atoms with Gasteiger partial charge in [0.15, 0.2) is 5.16 Å². The fourth-order valence-corrected chi connectivity index (χ4v) is 3.85. The lowest BCUT2D eigenvalue weighted by molar-refractivity contribution is -0.137. The average molecular weight is 351 g/mol. The SMILES string of the molecule is O=C1OCC[C@@H]1Sc1nnc(Cc2ccccc2)n1-c1ccccc1. The number of carbonyl (C=O) groups is 1. The predicted molar refractivity (Wildman–Crippen MR) is 95.8 cm³/mol. The third-order valence-corrected chi connectivity index (χ3v) is 5.24. The first-order valence-electron chi connectivity index (χ1n) is 8.18. The van der Waals surface area contributed by atoms with Crippen LogP contribution in [0.5, 0.6) is 0 Å². The van der Waals surface area contributed by atoms with Gasteiger partial charge in [-0.2, -0.15) is 0 Å². The molecule has 126 valence electrons. The molecule has 0 aliphatic carbocycles. The molecule has 0 N–H and O–H groups in total. The van der Waals surface area contributed by atoms with Gasteiger partial charge in [-0.25, -0.2) is 0 Å². The van der Waals surface area contributed by atoms with Crippen molar-refractivity contribution in [2.75, 3.05) is 6.61 Å². The summed E-state index contributed by atoms with van der Waals surface area (Å²) in [5.74, 6) is 0.684. The highest BCUT2D eigenvalue weighted by Crippen LogP contribution is 2.31. The topological polar surface area (TPSA) is 57.0 Å². The summed E-state index contributed by atoms with van der Waals surface area (Å²) in [6, 6.07) is 20.2. The van der Waals surface area contributed by atoms with E-state index in [1.54, 1.807) is 0 Å². The van der Waals surface area contributed by atoms with E-state index in [0.717, 1.165) is 16.7 Å². The van der Waals surface area contributed by atoms with Gasteiger partial charge in [-0.05, 0) is 17.7 Å². The van der Waals surface area contributed by atoms with Crippen LogP contribution >= 0.6 is 11.8 Å². The standard InChI is InChI=1S/C19H17N3O2S/c23-18-16(11-12-24-18)25-19-21-20-17(13-14-7-3-1-4-8-14)22(19)15-9-5-2-6-10-15/h1-10,16H,11-13H2/t16-/m0/s1. The smallest absolute Gasteiger partial charge is 0.319 e. The quantitative estimate of drug-likeness (QED) is 0.661. The number of carbonyl (C=O) groups excluding carboxylic acids is 1. The lowest BCUT2D eigenvalue weighted by Crippen LogP contribution is -2.11. The number of hydrogen-bond acceptors (Lipinski definition) is 5. The molecule has 0 spiro atoms. The van der Waals surface area contributed by atoms with Crippen LogP contribution in [-0.4, -0.2) is 32.6 Å². The highest BCUT2D eigenvalue weighted by atomic mass is 32.2. The van der Waals surface area contributed by atoms with Gasteiger partial charge < -0.3 is 4.74 Å². The number of esters is 1. The summed E-state index contributed by atoms with van der Waals surface area (Å²) in [7, 11) is 0. The first-order chi connectivity index (χ1) is 12.3. The molecule has 0 amide bonds. The Morgan fingerprint density at radius 3 is 2.44 bits per heavy atom. The number of nitrogens with zero attached hydrogens (tertiary/aromatic N) is 3. The zero-order valence-electron chi connectivity index (χ0n) is 13.5.